The first kappa shape index (κ1) is 25.3. The molecule has 188 valence electrons. The van der Waals surface area contributed by atoms with Crippen molar-refractivity contribution >= 4 is 34.1 Å². The van der Waals surface area contributed by atoms with Crippen molar-refractivity contribution in [3.8, 4) is 0 Å². The maximum Gasteiger partial charge on any atom is 0.341 e. The molecule has 4 rings (SSSR count). The second-order valence-electron chi connectivity index (χ2n) is 9.41. The van der Waals surface area contributed by atoms with E-state index in [2.05, 4.69) is 27.4 Å². The van der Waals surface area contributed by atoms with Gasteiger partial charge in [0.15, 0.2) is 0 Å². The summed E-state index contributed by atoms with van der Waals surface area (Å²) in [6.45, 7) is 6.23. The van der Waals surface area contributed by atoms with Crippen LogP contribution in [0.25, 0.3) is 0 Å². The molecular formula is C26H34N4O4S. The summed E-state index contributed by atoms with van der Waals surface area (Å²) in [6, 6.07) is 9.85. The van der Waals surface area contributed by atoms with Crippen LogP contribution in [0.1, 0.15) is 39.7 Å². The summed E-state index contributed by atoms with van der Waals surface area (Å²) < 4.78 is 5.01. The summed E-state index contributed by atoms with van der Waals surface area (Å²) in [5, 5.41) is 6.55. The molecule has 1 fully saturated rings. The van der Waals surface area contributed by atoms with E-state index in [1.54, 1.807) is 0 Å². The van der Waals surface area contributed by atoms with Gasteiger partial charge in [0, 0.05) is 37.6 Å². The Kier molecular flexibility index (Phi) is 8.54. The highest BCUT2D eigenvalue weighted by Crippen LogP contribution is 2.40. The Morgan fingerprint density at radius 1 is 1.03 bits per heavy atom. The van der Waals surface area contributed by atoms with E-state index in [1.165, 1.54) is 23.3 Å². The molecule has 0 spiro atoms. The van der Waals surface area contributed by atoms with Gasteiger partial charge in [-0.1, -0.05) is 37.3 Å². The van der Waals surface area contributed by atoms with Gasteiger partial charge in [0.25, 0.3) is 0 Å². The lowest BCUT2D eigenvalue weighted by Gasteiger charge is -2.33. The average molecular weight is 499 g/mol. The number of anilines is 1. The highest BCUT2D eigenvalue weighted by atomic mass is 32.1. The number of methoxy groups -OCH3 is 1. The van der Waals surface area contributed by atoms with E-state index in [0.29, 0.717) is 42.7 Å². The highest BCUT2D eigenvalue weighted by molar-refractivity contribution is 7.17. The molecule has 35 heavy (non-hydrogen) atoms. The highest BCUT2D eigenvalue weighted by Gasteiger charge is 2.29. The fraction of sp³-hybridized carbons (Fsp3) is 0.500. The third kappa shape index (κ3) is 6.68. The summed E-state index contributed by atoms with van der Waals surface area (Å²) in [5.41, 5.74) is 2.64. The third-order valence-electron chi connectivity index (χ3n) is 6.69. The topological polar surface area (TPSA) is 91.0 Å². The van der Waals surface area contributed by atoms with Crippen LogP contribution in [0.15, 0.2) is 30.3 Å². The number of benzene rings is 1. The number of ether oxygens (including phenoxy) is 1. The van der Waals surface area contributed by atoms with E-state index in [9.17, 15) is 14.4 Å². The fourth-order valence-corrected chi connectivity index (χ4v) is 6.10. The summed E-state index contributed by atoms with van der Waals surface area (Å²) in [4.78, 5) is 42.9. The molecule has 1 saturated heterocycles. The number of nitrogens with one attached hydrogen (secondary N) is 2. The normalized spacial score (nSPS) is 18.5. The molecule has 1 atom stereocenters. The molecule has 8 nitrogen and oxygen atoms in total. The van der Waals surface area contributed by atoms with E-state index in [1.807, 2.05) is 30.3 Å². The Balaban J connectivity index is 1.24. The van der Waals surface area contributed by atoms with Crippen molar-refractivity contribution in [2.75, 3.05) is 51.7 Å². The van der Waals surface area contributed by atoms with Gasteiger partial charge in [0.2, 0.25) is 11.8 Å². The molecular weight excluding hydrogens is 464 g/mol. The van der Waals surface area contributed by atoms with Crippen molar-refractivity contribution in [3.63, 3.8) is 0 Å². The second-order valence-corrected chi connectivity index (χ2v) is 10.5. The van der Waals surface area contributed by atoms with Crippen LogP contribution < -0.4 is 10.6 Å². The number of amides is 2. The number of hydrogen-bond acceptors (Lipinski definition) is 7. The molecule has 1 aromatic heterocycles. The van der Waals surface area contributed by atoms with Crippen LogP contribution in [0, 0.1) is 5.92 Å². The lowest BCUT2D eigenvalue weighted by molar-refractivity contribution is -0.123. The van der Waals surface area contributed by atoms with E-state index >= 15 is 0 Å². The minimum absolute atomic E-state index is 0.00589. The van der Waals surface area contributed by atoms with Crippen molar-refractivity contribution in [2.24, 2.45) is 5.92 Å². The fourth-order valence-electron chi connectivity index (χ4n) is 4.69. The number of carbonyl (C=O) groups excluding carboxylic acids is 3. The number of carbonyl (C=O) groups is 3. The van der Waals surface area contributed by atoms with Gasteiger partial charge in [-0.25, -0.2) is 4.79 Å². The van der Waals surface area contributed by atoms with Crippen LogP contribution >= 0.6 is 11.3 Å². The zero-order chi connectivity index (χ0) is 24.8. The Morgan fingerprint density at radius 3 is 2.34 bits per heavy atom. The van der Waals surface area contributed by atoms with Gasteiger partial charge in [0.1, 0.15) is 5.00 Å². The SMILES string of the molecule is COC(=O)c1c(NC(=O)CN2CCN(CC(=O)NCc3ccccc3)CC2)sc2c1CCC(C)C2. The van der Waals surface area contributed by atoms with Crippen LogP contribution in [-0.2, 0) is 33.7 Å². The van der Waals surface area contributed by atoms with Crippen LogP contribution in [-0.4, -0.2) is 74.0 Å². The number of esters is 1. The number of piperazine rings is 1. The molecule has 1 aromatic carbocycles. The van der Waals surface area contributed by atoms with Crippen molar-refractivity contribution < 1.29 is 19.1 Å². The lowest BCUT2D eigenvalue weighted by atomic mass is 9.88. The number of thiophene rings is 1. The van der Waals surface area contributed by atoms with E-state index in [4.69, 9.17) is 4.74 Å². The van der Waals surface area contributed by atoms with Gasteiger partial charge in [-0.3, -0.25) is 19.4 Å². The Labute approximate surface area is 210 Å². The summed E-state index contributed by atoms with van der Waals surface area (Å²) in [5.74, 6) is 0.0700. The van der Waals surface area contributed by atoms with E-state index in [0.717, 1.165) is 43.5 Å². The Morgan fingerprint density at radius 2 is 1.69 bits per heavy atom. The predicted octanol–water partition coefficient (Wildman–Crippen LogP) is 2.53. The Bertz CT molecular complexity index is 1050. The summed E-state index contributed by atoms with van der Waals surface area (Å²) in [7, 11) is 1.38. The quantitative estimate of drug-likeness (QED) is 0.544. The molecule has 0 saturated carbocycles. The average Bonchev–Trinajstić information content (AvgIpc) is 3.20. The first-order valence-electron chi connectivity index (χ1n) is 12.2. The van der Waals surface area contributed by atoms with Gasteiger partial charge >= 0.3 is 5.97 Å². The van der Waals surface area contributed by atoms with Crippen molar-refractivity contribution in [1.29, 1.82) is 0 Å². The molecule has 1 aliphatic heterocycles. The molecule has 9 heteroatoms. The standard InChI is InChI=1S/C26H34N4O4S/c1-18-8-9-20-21(14-18)35-25(24(20)26(33)34-2)28-23(32)17-30-12-10-29(11-13-30)16-22(31)27-15-19-6-4-3-5-7-19/h3-7,18H,8-17H2,1-2H3,(H,27,31)(H,28,32). The van der Waals surface area contributed by atoms with Gasteiger partial charge in [-0.2, -0.15) is 0 Å². The van der Waals surface area contributed by atoms with Gasteiger partial charge in [0.05, 0.1) is 25.8 Å². The first-order chi connectivity index (χ1) is 16.9. The zero-order valence-electron chi connectivity index (χ0n) is 20.5. The Hall–Kier alpha value is -2.75. The predicted molar refractivity (Wildman–Crippen MR) is 137 cm³/mol. The third-order valence-corrected chi connectivity index (χ3v) is 7.86. The minimum Gasteiger partial charge on any atom is -0.465 e. The summed E-state index contributed by atoms with van der Waals surface area (Å²) >= 11 is 1.51. The number of nitrogens with zero attached hydrogens (tertiary/aromatic N) is 2. The van der Waals surface area contributed by atoms with E-state index in [-0.39, 0.29) is 24.3 Å². The zero-order valence-corrected chi connectivity index (χ0v) is 21.3. The molecule has 0 radical (unpaired) electrons. The minimum atomic E-state index is -0.383. The second kappa shape index (κ2) is 11.8. The molecule has 1 aliphatic carbocycles. The largest absolute Gasteiger partial charge is 0.465 e. The van der Waals surface area contributed by atoms with Crippen LogP contribution in [0.2, 0.25) is 0 Å². The van der Waals surface area contributed by atoms with E-state index < -0.39 is 0 Å². The molecule has 2 N–H and O–H groups in total. The van der Waals surface area contributed by atoms with Gasteiger partial charge < -0.3 is 15.4 Å². The number of fused-ring (bicyclic) bond motifs is 1. The monoisotopic (exact) mass is 498 g/mol. The van der Waals surface area contributed by atoms with Crippen LogP contribution in [0.3, 0.4) is 0 Å². The number of rotatable bonds is 8. The maximum atomic E-state index is 12.8. The van der Waals surface area contributed by atoms with Gasteiger partial charge in [-0.05, 0) is 36.3 Å². The molecule has 2 aliphatic rings. The van der Waals surface area contributed by atoms with Crippen LogP contribution in [0.5, 0.6) is 0 Å². The van der Waals surface area contributed by atoms with Gasteiger partial charge in [-0.15, -0.1) is 11.3 Å². The molecule has 2 heterocycles. The van der Waals surface area contributed by atoms with Crippen molar-refractivity contribution in [2.45, 2.75) is 32.7 Å². The number of hydrogen-bond donors (Lipinski definition) is 2. The molecule has 1 unspecified atom stereocenters. The first-order valence-corrected chi connectivity index (χ1v) is 13.0. The smallest absolute Gasteiger partial charge is 0.341 e. The van der Waals surface area contributed by atoms with Crippen molar-refractivity contribution in [3.05, 3.63) is 51.9 Å². The molecule has 2 aromatic rings. The van der Waals surface area contributed by atoms with Crippen LogP contribution in [0.4, 0.5) is 5.00 Å². The molecule has 0 bridgehead atoms. The lowest BCUT2D eigenvalue weighted by Crippen LogP contribution is -2.50. The maximum absolute atomic E-state index is 12.8. The summed E-state index contributed by atoms with van der Waals surface area (Å²) in [6.07, 6.45) is 2.81. The van der Waals surface area contributed by atoms with Crippen molar-refractivity contribution in [1.82, 2.24) is 15.1 Å². The molecule has 2 amide bonds.